The molecule has 5 rings (SSSR count). The third kappa shape index (κ3) is 8.42. The second-order valence-electron chi connectivity index (χ2n) is 13.4. The highest BCUT2D eigenvalue weighted by Crippen LogP contribution is 2.37. The molecule has 0 saturated carbocycles. The largest absolute Gasteiger partial charge is 0.462 e. The molecule has 0 bridgehead atoms. The van der Waals surface area contributed by atoms with Crippen molar-refractivity contribution < 1.29 is 23.9 Å². The molecule has 1 fully saturated rings. The molecular formula is C39H47N3O5. The van der Waals surface area contributed by atoms with E-state index in [-0.39, 0.29) is 35.8 Å². The minimum Gasteiger partial charge on any atom is -0.462 e. The number of amides is 2. The molecule has 2 heterocycles. The predicted octanol–water partition coefficient (Wildman–Crippen LogP) is 7.09. The second-order valence-corrected chi connectivity index (χ2v) is 13.4. The molecule has 8 heteroatoms. The minimum atomic E-state index is -0.653. The van der Waals surface area contributed by atoms with E-state index < -0.39 is 5.60 Å². The van der Waals surface area contributed by atoms with Gasteiger partial charge in [0.2, 0.25) is 5.91 Å². The first kappa shape index (κ1) is 33.8. The number of fused-ring (bicyclic) bond motifs is 1. The van der Waals surface area contributed by atoms with Crippen LogP contribution in [0.4, 0.5) is 4.79 Å². The lowest BCUT2D eigenvalue weighted by Gasteiger charge is -2.35. The molecule has 2 aliphatic rings. The molecule has 8 nitrogen and oxygen atoms in total. The van der Waals surface area contributed by atoms with Gasteiger partial charge in [-0.25, -0.2) is 9.59 Å². The fourth-order valence-corrected chi connectivity index (χ4v) is 6.54. The van der Waals surface area contributed by atoms with E-state index in [0.717, 1.165) is 21.9 Å². The lowest BCUT2D eigenvalue weighted by Crippen LogP contribution is -2.42. The van der Waals surface area contributed by atoms with Gasteiger partial charge in [-0.15, -0.1) is 0 Å². The molecule has 3 aromatic carbocycles. The van der Waals surface area contributed by atoms with Crippen LogP contribution in [0, 0.1) is 5.92 Å². The van der Waals surface area contributed by atoms with E-state index in [1.54, 1.807) is 13.0 Å². The maximum absolute atomic E-state index is 13.9. The van der Waals surface area contributed by atoms with Gasteiger partial charge in [-0.1, -0.05) is 78.9 Å². The molecule has 0 N–H and O–H groups in total. The molecule has 248 valence electrons. The molecule has 3 atom stereocenters. The Bertz CT molecular complexity index is 1620. The first-order chi connectivity index (χ1) is 22.5. The highest BCUT2D eigenvalue weighted by molar-refractivity contribution is 5.91. The van der Waals surface area contributed by atoms with E-state index in [1.165, 1.54) is 0 Å². The minimum absolute atomic E-state index is 0.0104. The summed E-state index contributed by atoms with van der Waals surface area (Å²) in [5.74, 6) is -0.177. The average Bonchev–Trinajstić information content (AvgIpc) is 3.49. The summed E-state index contributed by atoms with van der Waals surface area (Å²) in [7, 11) is 0. The summed E-state index contributed by atoms with van der Waals surface area (Å²) in [5.41, 5.74) is 2.10. The molecular weight excluding hydrogens is 590 g/mol. The number of hydrogen-bond donors (Lipinski definition) is 0. The van der Waals surface area contributed by atoms with E-state index >= 15 is 0 Å². The summed E-state index contributed by atoms with van der Waals surface area (Å²) in [6, 6.07) is 24.5. The zero-order valence-corrected chi connectivity index (χ0v) is 28.2. The van der Waals surface area contributed by atoms with Crippen molar-refractivity contribution in [2.75, 3.05) is 39.3 Å². The van der Waals surface area contributed by atoms with E-state index in [2.05, 4.69) is 43.3 Å². The van der Waals surface area contributed by atoms with Crippen molar-refractivity contribution >= 4 is 28.7 Å². The highest BCUT2D eigenvalue weighted by atomic mass is 16.6. The first-order valence-electron chi connectivity index (χ1n) is 16.6. The van der Waals surface area contributed by atoms with Crippen molar-refractivity contribution in [3.8, 4) is 0 Å². The number of carbonyl (C=O) groups is 3. The fourth-order valence-electron chi connectivity index (χ4n) is 6.54. The number of nitrogens with zero attached hydrogens (tertiary/aromatic N) is 3. The monoisotopic (exact) mass is 637 g/mol. The number of likely N-dealkylation sites (tertiary alicyclic amines) is 1. The van der Waals surface area contributed by atoms with Crippen LogP contribution in [0.15, 0.2) is 96.7 Å². The third-order valence-corrected chi connectivity index (χ3v) is 8.96. The summed E-state index contributed by atoms with van der Waals surface area (Å²) in [6.45, 7) is 12.5. The summed E-state index contributed by atoms with van der Waals surface area (Å²) >= 11 is 0. The SMILES string of the molecule is CCOC(=O)C1=CCN(CCC(=O)N2C[C@H](CN(C(=O)OC(C)(C)C)[C@H](C)c3cccc4ccccc34)[C@@H](c3ccccc3)C2)C=C1. The van der Waals surface area contributed by atoms with Gasteiger partial charge in [-0.05, 0) is 62.6 Å². The Hall–Kier alpha value is -4.59. The maximum Gasteiger partial charge on any atom is 0.410 e. The molecule has 0 aliphatic carbocycles. The highest BCUT2D eigenvalue weighted by Gasteiger charge is 2.40. The standard InChI is InChI=1S/C39H47N3O5/c1-6-46-37(44)31-19-22-40(23-20-31)24-21-36(43)41-25-32(35(27-41)30-13-8-7-9-14-30)26-42(38(45)47-39(3,4)5)28(2)33-18-12-16-29-15-10-11-17-34(29)33/h7-20,22,28,32,35H,6,21,23-27H2,1-5H3/t28-,32-,35-/m1/s1. The summed E-state index contributed by atoms with van der Waals surface area (Å²) < 4.78 is 11.1. The fraction of sp³-hybridized carbons (Fsp3) is 0.410. The number of carbonyl (C=O) groups excluding carboxylic acids is 3. The smallest absolute Gasteiger partial charge is 0.410 e. The predicted molar refractivity (Wildman–Crippen MR) is 185 cm³/mol. The van der Waals surface area contributed by atoms with Gasteiger partial charge in [0, 0.05) is 57.2 Å². The van der Waals surface area contributed by atoms with Crippen LogP contribution < -0.4 is 0 Å². The van der Waals surface area contributed by atoms with Crippen molar-refractivity contribution in [3.05, 3.63) is 108 Å². The number of ether oxygens (including phenoxy) is 2. The van der Waals surface area contributed by atoms with Gasteiger partial charge in [0.15, 0.2) is 0 Å². The Morgan fingerprint density at radius 2 is 1.68 bits per heavy atom. The zero-order valence-electron chi connectivity index (χ0n) is 28.2. The van der Waals surface area contributed by atoms with Crippen molar-refractivity contribution in [1.82, 2.24) is 14.7 Å². The molecule has 0 spiro atoms. The zero-order chi connectivity index (χ0) is 33.6. The van der Waals surface area contributed by atoms with Crippen molar-refractivity contribution in [3.63, 3.8) is 0 Å². The molecule has 47 heavy (non-hydrogen) atoms. The molecule has 0 aromatic heterocycles. The first-order valence-corrected chi connectivity index (χ1v) is 16.6. The van der Waals surface area contributed by atoms with Gasteiger partial charge in [0.25, 0.3) is 0 Å². The van der Waals surface area contributed by atoms with E-state index in [1.807, 2.05) is 84.1 Å². The summed E-state index contributed by atoms with van der Waals surface area (Å²) in [5, 5.41) is 2.23. The van der Waals surface area contributed by atoms with Crippen LogP contribution in [0.3, 0.4) is 0 Å². The Balaban J connectivity index is 1.35. The number of esters is 1. The van der Waals surface area contributed by atoms with Gasteiger partial charge in [0.1, 0.15) is 5.60 Å². The Kier molecular flexibility index (Phi) is 10.7. The Morgan fingerprint density at radius 1 is 0.957 bits per heavy atom. The van der Waals surface area contributed by atoms with Gasteiger partial charge >= 0.3 is 12.1 Å². The van der Waals surface area contributed by atoms with Crippen LogP contribution in [0.25, 0.3) is 10.8 Å². The van der Waals surface area contributed by atoms with Gasteiger partial charge in [-0.3, -0.25) is 4.79 Å². The second kappa shape index (κ2) is 14.9. The van der Waals surface area contributed by atoms with Crippen LogP contribution in [0.5, 0.6) is 0 Å². The molecule has 0 radical (unpaired) electrons. The van der Waals surface area contributed by atoms with Gasteiger partial charge in [0.05, 0.1) is 18.2 Å². The lowest BCUT2D eigenvalue weighted by molar-refractivity contribution is -0.138. The third-order valence-electron chi connectivity index (χ3n) is 8.96. The normalized spacial score (nSPS) is 18.5. The lowest BCUT2D eigenvalue weighted by atomic mass is 9.88. The quantitative estimate of drug-likeness (QED) is 0.221. The van der Waals surface area contributed by atoms with Crippen LogP contribution in [0.1, 0.15) is 64.1 Å². The summed E-state index contributed by atoms with van der Waals surface area (Å²) in [4.78, 5) is 45.4. The van der Waals surface area contributed by atoms with E-state index in [0.29, 0.717) is 51.3 Å². The molecule has 2 aliphatic heterocycles. The average molecular weight is 638 g/mol. The summed E-state index contributed by atoms with van der Waals surface area (Å²) in [6.07, 6.45) is 5.42. The van der Waals surface area contributed by atoms with E-state index in [9.17, 15) is 14.4 Å². The molecule has 0 unspecified atom stereocenters. The van der Waals surface area contributed by atoms with Crippen molar-refractivity contribution in [1.29, 1.82) is 0 Å². The maximum atomic E-state index is 13.9. The van der Waals surface area contributed by atoms with Crippen LogP contribution >= 0.6 is 0 Å². The number of rotatable bonds is 10. The van der Waals surface area contributed by atoms with Gasteiger partial charge < -0.3 is 24.2 Å². The molecule has 3 aromatic rings. The van der Waals surface area contributed by atoms with Crippen LogP contribution in [-0.2, 0) is 19.1 Å². The molecule has 2 amide bonds. The Labute approximate surface area is 278 Å². The van der Waals surface area contributed by atoms with Crippen LogP contribution in [0.2, 0.25) is 0 Å². The van der Waals surface area contributed by atoms with E-state index in [4.69, 9.17) is 9.47 Å². The topological polar surface area (TPSA) is 79.4 Å². The Morgan fingerprint density at radius 3 is 2.38 bits per heavy atom. The van der Waals surface area contributed by atoms with Crippen LogP contribution in [-0.4, -0.2) is 77.6 Å². The van der Waals surface area contributed by atoms with Gasteiger partial charge in [-0.2, -0.15) is 0 Å². The number of hydrogen-bond acceptors (Lipinski definition) is 6. The van der Waals surface area contributed by atoms with Crippen molar-refractivity contribution in [2.24, 2.45) is 5.92 Å². The number of benzene rings is 3. The molecule has 1 saturated heterocycles. The van der Waals surface area contributed by atoms with Crippen molar-refractivity contribution in [2.45, 2.75) is 58.6 Å².